The summed E-state index contributed by atoms with van der Waals surface area (Å²) in [5, 5.41) is 1.75. The smallest absolute Gasteiger partial charge is 0.261 e. The van der Waals surface area contributed by atoms with E-state index in [0.29, 0.717) is 10.2 Å². The van der Waals surface area contributed by atoms with Crippen LogP contribution in [0.15, 0.2) is 70.0 Å². The number of fused-ring (bicyclic) bond motifs is 1. The van der Waals surface area contributed by atoms with Crippen molar-refractivity contribution in [3.63, 3.8) is 0 Å². The van der Waals surface area contributed by atoms with Crippen LogP contribution in [0.2, 0.25) is 0 Å². The summed E-state index contributed by atoms with van der Waals surface area (Å²) >= 11 is 3.34. The average Bonchev–Trinajstić information content (AvgIpc) is 2.55. The zero-order valence-electron chi connectivity index (χ0n) is 12.3. The van der Waals surface area contributed by atoms with Gasteiger partial charge in [-0.3, -0.25) is 4.72 Å². The number of benzene rings is 3. The second-order valence-corrected chi connectivity index (χ2v) is 7.50. The van der Waals surface area contributed by atoms with Crippen molar-refractivity contribution in [3.8, 4) is 5.75 Å². The predicted octanol–water partition coefficient (Wildman–Crippen LogP) is 4.41. The van der Waals surface area contributed by atoms with Crippen molar-refractivity contribution < 1.29 is 13.2 Å². The maximum absolute atomic E-state index is 12.6. The second-order valence-electron chi connectivity index (χ2n) is 4.96. The van der Waals surface area contributed by atoms with Gasteiger partial charge in [-0.1, -0.05) is 24.3 Å². The van der Waals surface area contributed by atoms with Gasteiger partial charge < -0.3 is 4.74 Å². The van der Waals surface area contributed by atoms with Gasteiger partial charge in [0.2, 0.25) is 0 Å². The van der Waals surface area contributed by atoms with E-state index in [4.69, 9.17) is 4.74 Å². The molecule has 23 heavy (non-hydrogen) atoms. The molecule has 1 N–H and O–H groups in total. The third-order valence-electron chi connectivity index (χ3n) is 3.45. The molecule has 0 atom stereocenters. The summed E-state index contributed by atoms with van der Waals surface area (Å²) in [5.74, 6) is 0.736. The standard InChI is InChI=1S/C17H14BrNO3S/c1-22-14-8-6-13-11-15(9-7-12(13)10-14)23(20,21)19-17-5-3-2-4-16(17)18/h2-11,19H,1H3. The third-order valence-corrected chi connectivity index (χ3v) is 5.50. The molecular formula is C17H14BrNO3S. The van der Waals surface area contributed by atoms with Gasteiger partial charge in [0.05, 0.1) is 17.7 Å². The Hall–Kier alpha value is -2.05. The Bertz CT molecular complexity index is 970. The lowest BCUT2D eigenvalue weighted by molar-refractivity contribution is 0.415. The van der Waals surface area contributed by atoms with Crippen LogP contribution in [0.3, 0.4) is 0 Å². The van der Waals surface area contributed by atoms with Gasteiger partial charge in [-0.15, -0.1) is 0 Å². The van der Waals surface area contributed by atoms with Gasteiger partial charge in [-0.2, -0.15) is 0 Å². The molecule has 118 valence electrons. The molecule has 6 heteroatoms. The molecule has 0 aliphatic rings. The molecule has 0 radical (unpaired) electrons. The lowest BCUT2D eigenvalue weighted by Gasteiger charge is -2.10. The summed E-state index contributed by atoms with van der Waals surface area (Å²) in [6.45, 7) is 0. The van der Waals surface area contributed by atoms with Gasteiger partial charge in [-0.25, -0.2) is 8.42 Å². The van der Waals surface area contributed by atoms with Crippen LogP contribution in [-0.4, -0.2) is 15.5 Å². The molecule has 0 saturated carbocycles. The molecule has 4 nitrogen and oxygen atoms in total. The number of para-hydroxylation sites is 1. The molecule has 0 aliphatic carbocycles. The molecular weight excluding hydrogens is 378 g/mol. The highest BCUT2D eigenvalue weighted by Crippen LogP contribution is 2.27. The maximum atomic E-state index is 12.6. The predicted molar refractivity (Wildman–Crippen MR) is 95.5 cm³/mol. The first-order valence-electron chi connectivity index (χ1n) is 6.85. The minimum absolute atomic E-state index is 0.214. The van der Waals surface area contributed by atoms with Crippen LogP contribution >= 0.6 is 15.9 Å². The van der Waals surface area contributed by atoms with Crippen molar-refractivity contribution in [2.75, 3.05) is 11.8 Å². The first kappa shape index (κ1) is 15.8. The fraction of sp³-hybridized carbons (Fsp3) is 0.0588. The van der Waals surface area contributed by atoms with E-state index in [-0.39, 0.29) is 4.90 Å². The van der Waals surface area contributed by atoms with Gasteiger partial charge in [0.25, 0.3) is 10.0 Å². The van der Waals surface area contributed by atoms with Crippen molar-refractivity contribution >= 4 is 42.4 Å². The quantitative estimate of drug-likeness (QED) is 0.716. The van der Waals surface area contributed by atoms with E-state index in [1.54, 1.807) is 49.6 Å². The van der Waals surface area contributed by atoms with Crippen molar-refractivity contribution in [2.24, 2.45) is 0 Å². The van der Waals surface area contributed by atoms with Crippen LogP contribution < -0.4 is 9.46 Å². The van der Waals surface area contributed by atoms with Crippen LogP contribution in [0.1, 0.15) is 0 Å². The Morgan fingerprint density at radius 1 is 0.957 bits per heavy atom. The molecule has 3 aromatic rings. The normalized spacial score (nSPS) is 11.4. The third kappa shape index (κ3) is 3.33. The molecule has 0 fully saturated rings. The number of hydrogen-bond acceptors (Lipinski definition) is 3. The van der Waals surface area contributed by atoms with E-state index in [2.05, 4.69) is 20.7 Å². The summed E-state index contributed by atoms with van der Waals surface area (Å²) in [6.07, 6.45) is 0. The van der Waals surface area contributed by atoms with Crippen molar-refractivity contribution in [1.82, 2.24) is 0 Å². The van der Waals surface area contributed by atoms with Crippen molar-refractivity contribution in [3.05, 3.63) is 65.1 Å². The Balaban J connectivity index is 2.00. The van der Waals surface area contributed by atoms with Crippen LogP contribution in [0.4, 0.5) is 5.69 Å². The summed E-state index contributed by atoms with van der Waals surface area (Å²) in [4.78, 5) is 0.214. The molecule has 0 aromatic heterocycles. The molecule has 3 rings (SSSR count). The fourth-order valence-electron chi connectivity index (χ4n) is 2.24. The highest BCUT2D eigenvalue weighted by molar-refractivity contribution is 9.10. The summed E-state index contributed by atoms with van der Waals surface area (Å²) < 4.78 is 33.6. The SMILES string of the molecule is COc1ccc2cc(S(=O)(=O)Nc3ccccc3Br)ccc2c1. The number of sulfonamides is 1. The Kier molecular flexibility index (Phi) is 4.28. The largest absolute Gasteiger partial charge is 0.497 e. The molecule has 0 heterocycles. The monoisotopic (exact) mass is 391 g/mol. The molecule has 3 aromatic carbocycles. The number of hydrogen-bond donors (Lipinski definition) is 1. The van der Waals surface area contributed by atoms with E-state index in [9.17, 15) is 8.42 Å². The molecule has 0 amide bonds. The minimum Gasteiger partial charge on any atom is -0.497 e. The highest BCUT2D eigenvalue weighted by atomic mass is 79.9. The van der Waals surface area contributed by atoms with Crippen LogP contribution in [-0.2, 0) is 10.0 Å². The zero-order chi connectivity index (χ0) is 16.4. The second kappa shape index (κ2) is 6.22. The number of nitrogens with one attached hydrogen (secondary N) is 1. The first-order valence-corrected chi connectivity index (χ1v) is 9.12. The minimum atomic E-state index is -3.65. The molecule has 0 bridgehead atoms. The van der Waals surface area contributed by atoms with Crippen LogP contribution in [0.25, 0.3) is 10.8 Å². The number of ether oxygens (including phenoxy) is 1. The molecule has 0 aliphatic heterocycles. The number of anilines is 1. The van der Waals surface area contributed by atoms with E-state index in [1.807, 2.05) is 18.2 Å². The van der Waals surface area contributed by atoms with Crippen LogP contribution in [0, 0.1) is 0 Å². The Labute approximate surface area is 143 Å². The molecule has 0 spiro atoms. The van der Waals surface area contributed by atoms with Crippen molar-refractivity contribution in [1.29, 1.82) is 0 Å². The van der Waals surface area contributed by atoms with Crippen LogP contribution in [0.5, 0.6) is 5.75 Å². The summed E-state index contributed by atoms with van der Waals surface area (Å²) in [5.41, 5.74) is 0.502. The van der Waals surface area contributed by atoms with E-state index < -0.39 is 10.0 Å². The highest BCUT2D eigenvalue weighted by Gasteiger charge is 2.16. The Morgan fingerprint density at radius 2 is 1.65 bits per heavy atom. The van der Waals surface area contributed by atoms with Crippen molar-refractivity contribution in [2.45, 2.75) is 4.90 Å². The van der Waals surface area contributed by atoms with Gasteiger partial charge in [0, 0.05) is 4.47 Å². The summed E-state index contributed by atoms with van der Waals surface area (Å²) in [6, 6.07) is 17.6. The first-order chi connectivity index (χ1) is 11.0. The van der Waals surface area contributed by atoms with Gasteiger partial charge in [0.1, 0.15) is 5.75 Å². The number of rotatable bonds is 4. The maximum Gasteiger partial charge on any atom is 0.261 e. The zero-order valence-corrected chi connectivity index (χ0v) is 14.7. The Morgan fingerprint density at radius 3 is 2.39 bits per heavy atom. The van der Waals surface area contributed by atoms with E-state index >= 15 is 0 Å². The van der Waals surface area contributed by atoms with Gasteiger partial charge in [-0.05, 0) is 63.1 Å². The molecule has 0 saturated heterocycles. The van der Waals surface area contributed by atoms with Gasteiger partial charge >= 0.3 is 0 Å². The van der Waals surface area contributed by atoms with E-state index in [1.165, 1.54) is 0 Å². The van der Waals surface area contributed by atoms with E-state index in [0.717, 1.165) is 16.5 Å². The summed E-state index contributed by atoms with van der Waals surface area (Å²) in [7, 11) is -2.06. The lowest BCUT2D eigenvalue weighted by atomic mass is 10.1. The number of halogens is 1. The van der Waals surface area contributed by atoms with Gasteiger partial charge in [0.15, 0.2) is 0 Å². The fourth-order valence-corrected chi connectivity index (χ4v) is 3.87. The average molecular weight is 392 g/mol. The lowest BCUT2D eigenvalue weighted by Crippen LogP contribution is -2.13. The molecule has 0 unspecified atom stereocenters. The number of methoxy groups -OCH3 is 1. The topological polar surface area (TPSA) is 55.4 Å².